The second-order valence-electron chi connectivity index (χ2n) is 4.81. The molecule has 0 unspecified atom stereocenters. The number of benzene rings is 1. The number of amides is 2. The van der Waals surface area contributed by atoms with Gasteiger partial charge >= 0.3 is 5.97 Å². The molecule has 0 saturated carbocycles. The summed E-state index contributed by atoms with van der Waals surface area (Å²) < 4.78 is 4.75. The van der Waals surface area contributed by atoms with Crippen molar-refractivity contribution in [1.29, 1.82) is 0 Å². The van der Waals surface area contributed by atoms with Gasteiger partial charge in [0.15, 0.2) is 0 Å². The molecular weight excluding hydrogens is 272 g/mol. The predicted molar refractivity (Wildman–Crippen MR) is 77.6 cm³/mol. The fourth-order valence-corrected chi connectivity index (χ4v) is 1.96. The average Bonchev–Trinajstić information content (AvgIpc) is 2.36. The summed E-state index contributed by atoms with van der Waals surface area (Å²) in [6, 6.07) is 4.24. The fraction of sp³-hybridized carbons (Fsp3) is 0.400. The lowest BCUT2D eigenvalue weighted by molar-refractivity contribution is -0.145. The Balaban J connectivity index is 2.81. The van der Waals surface area contributed by atoms with Gasteiger partial charge in [0.05, 0.1) is 13.0 Å². The number of ether oxygens (including phenoxy) is 1. The van der Waals surface area contributed by atoms with Crippen molar-refractivity contribution >= 4 is 17.8 Å². The highest BCUT2D eigenvalue weighted by Gasteiger charge is 2.23. The van der Waals surface area contributed by atoms with Gasteiger partial charge in [0, 0.05) is 5.56 Å². The normalized spacial score (nSPS) is 11.6. The van der Waals surface area contributed by atoms with Crippen molar-refractivity contribution in [2.24, 2.45) is 5.73 Å². The zero-order valence-electron chi connectivity index (χ0n) is 12.4. The zero-order valence-corrected chi connectivity index (χ0v) is 12.4. The molecule has 1 aromatic rings. The Morgan fingerprint density at radius 3 is 2.24 bits per heavy atom. The first-order chi connectivity index (χ1) is 9.83. The number of carbonyl (C=O) groups excluding carboxylic acids is 3. The lowest BCUT2D eigenvalue weighted by Gasteiger charge is -2.15. The fourth-order valence-electron chi connectivity index (χ4n) is 1.96. The molecule has 0 aliphatic rings. The largest absolute Gasteiger partial charge is 0.466 e. The van der Waals surface area contributed by atoms with Crippen LogP contribution in [0.5, 0.6) is 0 Å². The highest BCUT2D eigenvalue weighted by molar-refractivity contribution is 5.98. The quantitative estimate of drug-likeness (QED) is 0.759. The van der Waals surface area contributed by atoms with Crippen molar-refractivity contribution in [3.63, 3.8) is 0 Å². The van der Waals surface area contributed by atoms with Crippen LogP contribution in [-0.2, 0) is 14.3 Å². The highest BCUT2D eigenvalue weighted by atomic mass is 16.5. The van der Waals surface area contributed by atoms with Gasteiger partial charge in [-0.25, -0.2) is 0 Å². The van der Waals surface area contributed by atoms with Crippen LogP contribution >= 0.6 is 0 Å². The van der Waals surface area contributed by atoms with Gasteiger partial charge in [0.2, 0.25) is 5.91 Å². The van der Waals surface area contributed by atoms with Crippen LogP contribution in [0.2, 0.25) is 0 Å². The number of aryl methyl sites for hydroxylation is 2. The lowest BCUT2D eigenvalue weighted by atomic mass is 10.1. The van der Waals surface area contributed by atoms with Gasteiger partial charge < -0.3 is 15.8 Å². The molecule has 0 heterocycles. The molecule has 1 aromatic carbocycles. The maximum absolute atomic E-state index is 12.1. The van der Waals surface area contributed by atoms with Crippen LogP contribution in [0.15, 0.2) is 18.2 Å². The van der Waals surface area contributed by atoms with Crippen molar-refractivity contribution < 1.29 is 19.1 Å². The summed E-state index contributed by atoms with van der Waals surface area (Å²) >= 11 is 0. The number of esters is 1. The van der Waals surface area contributed by atoms with E-state index in [1.807, 2.05) is 19.9 Å². The van der Waals surface area contributed by atoms with E-state index in [-0.39, 0.29) is 13.0 Å². The van der Waals surface area contributed by atoms with Gasteiger partial charge in [-0.2, -0.15) is 0 Å². The van der Waals surface area contributed by atoms with E-state index in [1.165, 1.54) is 0 Å². The molecule has 0 spiro atoms. The van der Waals surface area contributed by atoms with Crippen LogP contribution in [-0.4, -0.2) is 30.4 Å². The molecule has 1 rings (SSSR count). The number of carbonyl (C=O) groups is 3. The first-order valence-corrected chi connectivity index (χ1v) is 6.67. The maximum atomic E-state index is 12.1. The smallest absolute Gasteiger partial charge is 0.308 e. The van der Waals surface area contributed by atoms with E-state index in [1.54, 1.807) is 19.1 Å². The Bertz CT molecular complexity index is 534. The van der Waals surface area contributed by atoms with Gasteiger partial charge in [-0.15, -0.1) is 0 Å². The van der Waals surface area contributed by atoms with Crippen molar-refractivity contribution in [2.45, 2.75) is 33.2 Å². The molecule has 0 aliphatic heterocycles. The van der Waals surface area contributed by atoms with Crippen LogP contribution in [0.3, 0.4) is 0 Å². The second kappa shape index (κ2) is 7.42. The van der Waals surface area contributed by atoms with Crippen molar-refractivity contribution in [1.82, 2.24) is 5.32 Å². The van der Waals surface area contributed by atoms with Crippen LogP contribution in [0.25, 0.3) is 0 Å². The Kier molecular flexibility index (Phi) is 5.90. The molecule has 0 aliphatic carbocycles. The Labute approximate surface area is 123 Å². The van der Waals surface area contributed by atoms with Crippen LogP contribution < -0.4 is 11.1 Å². The molecule has 21 heavy (non-hydrogen) atoms. The average molecular weight is 292 g/mol. The minimum absolute atomic E-state index is 0.204. The van der Waals surface area contributed by atoms with Crippen LogP contribution in [0.1, 0.15) is 34.8 Å². The number of hydrogen-bond donors (Lipinski definition) is 2. The second-order valence-corrected chi connectivity index (χ2v) is 4.81. The molecule has 1 atom stereocenters. The van der Waals surface area contributed by atoms with Crippen molar-refractivity contribution in [2.75, 3.05) is 6.61 Å². The number of nitrogens with one attached hydrogen (secondary N) is 1. The minimum Gasteiger partial charge on any atom is -0.466 e. The summed E-state index contributed by atoms with van der Waals surface area (Å²) in [6.07, 6.45) is -0.278. The van der Waals surface area contributed by atoms with E-state index in [9.17, 15) is 14.4 Å². The molecule has 6 heteroatoms. The van der Waals surface area contributed by atoms with E-state index >= 15 is 0 Å². The van der Waals surface area contributed by atoms with E-state index in [4.69, 9.17) is 10.5 Å². The van der Waals surface area contributed by atoms with Crippen LogP contribution in [0, 0.1) is 13.8 Å². The van der Waals surface area contributed by atoms with Crippen LogP contribution in [0.4, 0.5) is 0 Å². The lowest BCUT2D eigenvalue weighted by Crippen LogP contribution is -2.46. The van der Waals surface area contributed by atoms with Gasteiger partial charge in [-0.3, -0.25) is 14.4 Å². The van der Waals surface area contributed by atoms with Crippen molar-refractivity contribution in [3.8, 4) is 0 Å². The Morgan fingerprint density at radius 1 is 1.19 bits per heavy atom. The molecule has 6 nitrogen and oxygen atoms in total. The topological polar surface area (TPSA) is 98.5 Å². The van der Waals surface area contributed by atoms with Gasteiger partial charge in [0.25, 0.3) is 5.91 Å². The molecule has 114 valence electrons. The molecular formula is C15H20N2O4. The van der Waals surface area contributed by atoms with Gasteiger partial charge in [-0.1, -0.05) is 17.2 Å². The van der Waals surface area contributed by atoms with Gasteiger partial charge in [0.1, 0.15) is 6.04 Å². The maximum Gasteiger partial charge on any atom is 0.308 e. The summed E-state index contributed by atoms with van der Waals surface area (Å²) in [5.41, 5.74) is 7.49. The summed E-state index contributed by atoms with van der Waals surface area (Å²) in [4.78, 5) is 34.9. The van der Waals surface area contributed by atoms with Crippen molar-refractivity contribution in [3.05, 3.63) is 34.9 Å². The van der Waals surface area contributed by atoms with E-state index in [0.717, 1.165) is 11.1 Å². The minimum atomic E-state index is -1.09. The third-order valence-corrected chi connectivity index (χ3v) is 2.81. The number of nitrogens with two attached hydrogens (primary N) is 1. The third-order valence-electron chi connectivity index (χ3n) is 2.81. The highest BCUT2D eigenvalue weighted by Crippen LogP contribution is 2.09. The molecule has 0 aromatic heterocycles. The summed E-state index contributed by atoms with van der Waals surface area (Å²) in [5.74, 6) is -1.81. The first-order valence-electron chi connectivity index (χ1n) is 6.67. The summed E-state index contributed by atoms with van der Waals surface area (Å²) in [5, 5.41) is 2.46. The molecule has 0 saturated heterocycles. The Morgan fingerprint density at radius 2 is 1.76 bits per heavy atom. The standard InChI is InChI=1S/C15H20N2O4/c1-4-21-13(18)8-12(14(16)19)17-15(20)11-6-9(2)5-10(3)7-11/h5-7,12H,4,8H2,1-3H3,(H2,16,19)(H,17,20)/t12-/m0/s1. The molecule has 2 amide bonds. The monoisotopic (exact) mass is 292 g/mol. The molecule has 0 radical (unpaired) electrons. The van der Waals surface area contributed by atoms with E-state index < -0.39 is 23.8 Å². The first kappa shape index (κ1) is 16.7. The number of primary amides is 1. The molecule has 0 fully saturated rings. The number of rotatable bonds is 6. The molecule has 3 N–H and O–H groups in total. The summed E-state index contributed by atoms with van der Waals surface area (Å²) in [6.45, 7) is 5.60. The number of hydrogen-bond acceptors (Lipinski definition) is 4. The summed E-state index contributed by atoms with van der Waals surface area (Å²) in [7, 11) is 0. The van der Waals surface area contributed by atoms with E-state index in [2.05, 4.69) is 5.32 Å². The van der Waals surface area contributed by atoms with Gasteiger partial charge in [-0.05, 0) is 32.9 Å². The zero-order chi connectivity index (χ0) is 16.0. The third kappa shape index (κ3) is 5.25. The Hall–Kier alpha value is -2.37. The molecule has 0 bridgehead atoms. The predicted octanol–water partition coefficient (Wildman–Crippen LogP) is 0.840. The SMILES string of the molecule is CCOC(=O)C[C@H](NC(=O)c1cc(C)cc(C)c1)C(N)=O. The van der Waals surface area contributed by atoms with E-state index in [0.29, 0.717) is 5.56 Å².